The number of unbranched alkanes of at least 4 members (excludes halogenated alkanes) is 5. The zero-order chi connectivity index (χ0) is 12.4. The first kappa shape index (κ1) is 15.0. The van der Waals surface area contributed by atoms with E-state index in [4.69, 9.17) is 0 Å². The number of carbonyl (C=O) groups excluding carboxylic acids is 1. The quantitative estimate of drug-likeness (QED) is 0.376. The summed E-state index contributed by atoms with van der Waals surface area (Å²) in [5.41, 5.74) is -1.60. The Labute approximate surface area is 96.1 Å². The van der Waals surface area contributed by atoms with Gasteiger partial charge in [0.15, 0.2) is 10.9 Å². The van der Waals surface area contributed by atoms with Gasteiger partial charge in [-0.1, -0.05) is 39.0 Å². The second-order valence-electron chi connectivity index (χ2n) is 4.24. The van der Waals surface area contributed by atoms with Gasteiger partial charge in [0.1, 0.15) is 0 Å². The SMILES string of the molecule is CCCCCCCCC(C)(O)C(=O)ON=O. The summed E-state index contributed by atoms with van der Waals surface area (Å²) in [7, 11) is 0. The van der Waals surface area contributed by atoms with Gasteiger partial charge < -0.3 is 5.11 Å². The summed E-state index contributed by atoms with van der Waals surface area (Å²) >= 11 is 0. The first-order valence-electron chi connectivity index (χ1n) is 5.81. The van der Waals surface area contributed by atoms with Crippen LogP contribution in [0.5, 0.6) is 0 Å². The molecule has 0 aliphatic heterocycles. The highest BCUT2D eigenvalue weighted by molar-refractivity contribution is 5.78. The van der Waals surface area contributed by atoms with Gasteiger partial charge in [0.2, 0.25) is 0 Å². The Hall–Kier alpha value is -0.970. The topological polar surface area (TPSA) is 76.0 Å². The molecular formula is C11H21NO4. The van der Waals surface area contributed by atoms with Crippen LogP contribution in [0.4, 0.5) is 0 Å². The molecule has 0 saturated heterocycles. The molecule has 0 saturated carbocycles. The average Bonchev–Trinajstić information content (AvgIpc) is 2.23. The van der Waals surface area contributed by atoms with Crippen LogP contribution in [0, 0.1) is 4.91 Å². The summed E-state index contributed by atoms with van der Waals surface area (Å²) in [4.78, 5) is 24.7. The van der Waals surface area contributed by atoms with Crippen molar-refractivity contribution in [3.05, 3.63) is 4.91 Å². The van der Waals surface area contributed by atoms with Gasteiger partial charge >= 0.3 is 5.97 Å². The molecule has 0 aliphatic carbocycles. The number of hydrogen-bond donors (Lipinski definition) is 1. The zero-order valence-electron chi connectivity index (χ0n) is 10.1. The van der Waals surface area contributed by atoms with Crippen molar-refractivity contribution in [1.82, 2.24) is 0 Å². The van der Waals surface area contributed by atoms with E-state index in [0.29, 0.717) is 6.42 Å². The number of aliphatic hydroxyl groups is 1. The molecule has 0 bridgehead atoms. The van der Waals surface area contributed by atoms with Gasteiger partial charge in [-0.25, -0.2) is 4.79 Å². The highest BCUT2D eigenvalue weighted by atomic mass is 16.8. The molecule has 0 radical (unpaired) electrons. The summed E-state index contributed by atoms with van der Waals surface area (Å²) in [5.74, 6) is -0.976. The molecule has 1 unspecified atom stereocenters. The predicted molar refractivity (Wildman–Crippen MR) is 60.5 cm³/mol. The van der Waals surface area contributed by atoms with E-state index in [1.54, 1.807) is 0 Å². The van der Waals surface area contributed by atoms with Crippen molar-refractivity contribution in [2.45, 2.75) is 64.4 Å². The van der Waals surface area contributed by atoms with Crippen LogP contribution < -0.4 is 0 Å². The van der Waals surface area contributed by atoms with Crippen LogP contribution >= 0.6 is 0 Å². The molecule has 5 nitrogen and oxygen atoms in total. The third-order valence-electron chi connectivity index (χ3n) is 2.58. The Morgan fingerprint density at radius 3 is 2.38 bits per heavy atom. The number of hydrogen-bond acceptors (Lipinski definition) is 5. The van der Waals surface area contributed by atoms with E-state index in [-0.39, 0.29) is 0 Å². The van der Waals surface area contributed by atoms with Gasteiger partial charge in [-0.05, 0) is 19.8 Å². The van der Waals surface area contributed by atoms with Crippen molar-refractivity contribution in [3.63, 3.8) is 0 Å². The highest BCUT2D eigenvalue weighted by Gasteiger charge is 2.32. The summed E-state index contributed by atoms with van der Waals surface area (Å²) < 4.78 is 0. The van der Waals surface area contributed by atoms with E-state index in [2.05, 4.69) is 11.8 Å². The molecule has 1 N–H and O–H groups in total. The molecule has 1 atom stereocenters. The van der Waals surface area contributed by atoms with Gasteiger partial charge in [-0.15, -0.1) is 4.91 Å². The second kappa shape index (κ2) is 8.21. The van der Waals surface area contributed by atoms with E-state index in [9.17, 15) is 14.8 Å². The Morgan fingerprint density at radius 2 is 1.81 bits per heavy atom. The third-order valence-corrected chi connectivity index (χ3v) is 2.58. The Balaban J connectivity index is 3.65. The molecule has 0 aromatic carbocycles. The molecule has 0 aliphatic rings. The molecule has 0 amide bonds. The summed E-state index contributed by atoms with van der Waals surface area (Å²) in [5, 5.41) is 11.7. The fourth-order valence-corrected chi connectivity index (χ4v) is 1.48. The van der Waals surface area contributed by atoms with Crippen LogP contribution in [0.1, 0.15) is 58.8 Å². The van der Waals surface area contributed by atoms with Crippen LogP contribution in [0.3, 0.4) is 0 Å². The number of rotatable bonds is 9. The fourth-order valence-electron chi connectivity index (χ4n) is 1.48. The van der Waals surface area contributed by atoms with E-state index in [1.807, 2.05) is 5.34 Å². The van der Waals surface area contributed by atoms with Crippen molar-refractivity contribution in [2.24, 2.45) is 5.34 Å². The molecule has 0 spiro atoms. The molecule has 94 valence electrons. The monoisotopic (exact) mass is 231 g/mol. The van der Waals surface area contributed by atoms with E-state index >= 15 is 0 Å². The van der Waals surface area contributed by atoms with Crippen molar-refractivity contribution < 1.29 is 14.7 Å². The fraction of sp³-hybridized carbons (Fsp3) is 0.909. The van der Waals surface area contributed by atoms with Crippen molar-refractivity contribution >= 4 is 5.97 Å². The molecule has 0 heterocycles. The lowest BCUT2D eigenvalue weighted by atomic mass is 9.98. The first-order valence-corrected chi connectivity index (χ1v) is 5.81. The van der Waals surface area contributed by atoms with Crippen molar-refractivity contribution in [2.75, 3.05) is 0 Å². The second-order valence-corrected chi connectivity index (χ2v) is 4.24. The molecule has 0 fully saturated rings. The Morgan fingerprint density at radius 1 is 1.25 bits per heavy atom. The van der Waals surface area contributed by atoms with Crippen molar-refractivity contribution in [3.8, 4) is 0 Å². The minimum Gasteiger partial charge on any atom is -0.378 e. The summed E-state index contributed by atoms with van der Waals surface area (Å²) in [6, 6.07) is 0. The van der Waals surface area contributed by atoms with Gasteiger partial charge in [0, 0.05) is 0 Å². The average molecular weight is 231 g/mol. The highest BCUT2D eigenvalue weighted by Crippen LogP contribution is 2.17. The standard InChI is InChI=1S/C11H21NO4/c1-3-4-5-6-7-8-9-11(2,14)10(13)16-12-15/h14H,3-9H2,1-2H3. The lowest BCUT2D eigenvalue weighted by Crippen LogP contribution is -2.35. The Kier molecular flexibility index (Phi) is 7.72. The van der Waals surface area contributed by atoms with Gasteiger partial charge in [0.25, 0.3) is 0 Å². The Bertz CT molecular complexity index is 216. The van der Waals surface area contributed by atoms with Crippen LogP contribution in [-0.2, 0) is 9.63 Å². The smallest absolute Gasteiger partial charge is 0.369 e. The maximum absolute atomic E-state index is 11.1. The van der Waals surface area contributed by atoms with Crippen LogP contribution in [0.2, 0.25) is 0 Å². The molecule has 5 heteroatoms. The minimum absolute atomic E-state index is 0.299. The minimum atomic E-state index is -1.60. The van der Waals surface area contributed by atoms with Crippen LogP contribution in [-0.4, -0.2) is 16.7 Å². The van der Waals surface area contributed by atoms with Crippen LogP contribution in [0.25, 0.3) is 0 Å². The molecule has 0 aromatic rings. The van der Waals surface area contributed by atoms with Gasteiger partial charge in [-0.2, -0.15) is 0 Å². The molecule has 16 heavy (non-hydrogen) atoms. The molecule has 0 aromatic heterocycles. The predicted octanol–water partition coefficient (Wildman–Crippen LogP) is 2.71. The first-order chi connectivity index (χ1) is 7.54. The van der Waals surface area contributed by atoms with E-state index in [0.717, 1.165) is 19.3 Å². The van der Waals surface area contributed by atoms with E-state index in [1.165, 1.54) is 26.2 Å². The van der Waals surface area contributed by atoms with E-state index < -0.39 is 11.6 Å². The molecular weight excluding hydrogens is 210 g/mol. The number of nitrogens with zero attached hydrogens (tertiary/aromatic N) is 1. The summed E-state index contributed by atoms with van der Waals surface area (Å²) in [6.45, 7) is 3.49. The number of carbonyl (C=O) groups is 1. The molecule has 0 rings (SSSR count). The van der Waals surface area contributed by atoms with Crippen molar-refractivity contribution in [1.29, 1.82) is 0 Å². The normalized spacial score (nSPS) is 14.2. The zero-order valence-corrected chi connectivity index (χ0v) is 10.1. The third kappa shape index (κ3) is 6.50. The maximum atomic E-state index is 11.1. The summed E-state index contributed by atoms with van der Waals surface area (Å²) in [6.07, 6.45) is 6.70. The lowest BCUT2D eigenvalue weighted by Gasteiger charge is -2.17. The van der Waals surface area contributed by atoms with Gasteiger partial charge in [-0.3, -0.25) is 4.84 Å². The maximum Gasteiger partial charge on any atom is 0.369 e. The lowest BCUT2D eigenvalue weighted by molar-refractivity contribution is -0.164. The van der Waals surface area contributed by atoms with Crippen LogP contribution in [0.15, 0.2) is 5.34 Å². The largest absolute Gasteiger partial charge is 0.378 e. The van der Waals surface area contributed by atoms with Gasteiger partial charge in [0.05, 0.1) is 0 Å².